The summed E-state index contributed by atoms with van der Waals surface area (Å²) in [5, 5.41) is 6.59. The first-order valence-corrected chi connectivity index (χ1v) is 9.00. The van der Waals surface area contributed by atoms with Crippen molar-refractivity contribution in [2.75, 3.05) is 18.2 Å². The predicted molar refractivity (Wildman–Crippen MR) is 102 cm³/mol. The zero-order valence-electron chi connectivity index (χ0n) is 15.3. The van der Waals surface area contributed by atoms with Gasteiger partial charge in [0.15, 0.2) is 0 Å². The molecule has 1 unspecified atom stereocenters. The number of hydrogen-bond donors (Lipinski definition) is 0. The molecule has 1 atom stereocenters. The molecule has 1 aliphatic heterocycles. The molecule has 0 aromatic heterocycles. The first-order valence-electron chi connectivity index (χ1n) is 8.62. The molecule has 8 heteroatoms. The summed E-state index contributed by atoms with van der Waals surface area (Å²) in [6.07, 6.45) is -4.42. The Labute approximate surface area is 165 Å². The number of hydrazone groups is 1. The summed E-state index contributed by atoms with van der Waals surface area (Å²) in [6.45, 7) is 3.78. The van der Waals surface area contributed by atoms with Gasteiger partial charge in [-0.15, -0.1) is 0 Å². The van der Waals surface area contributed by atoms with Gasteiger partial charge in [0.1, 0.15) is 5.41 Å². The second kappa shape index (κ2) is 7.47. The van der Waals surface area contributed by atoms with Gasteiger partial charge in [-0.3, -0.25) is 9.80 Å². The van der Waals surface area contributed by atoms with E-state index in [1.165, 1.54) is 17.1 Å². The Morgan fingerprint density at radius 2 is 1.79 bits per heavy atom. The Kier molecular flexibility index (Phi) is 5.39. The van der Waals surface area contributed by atoms with Crippen molar-refractivity contribution in [3.8, 4) is 0 Å². The quantitative estimate of drug-likeness (QED) is 0.654. The van der Waals surface area contributed by atoms with Crippen LogP contribution in [-0.2, 0) is 15.7 Å². The van der Waals surface area contributed by atoms with E-state index in [1.54, 1.807) is 38.1 Å². The Balaban J connectivity index is 2.00. The van der Waals surface area contributed by atoms with Crippen LogP contribution in [-0.4, -0.2) is 24.8 Å². The number of rotatable bonds is 4. The fraction of sp³-hybridized carbons (Fsp3) is 0.300. The fourth-order valence-corrected chi connectivity index (χ4v) is 3.17. The van der Waals surface area contributed by atoms with E-state index in [2.05, 4.69) is 5.10 Å². The van der Waals surface area contributed by atoms with Gasteiger partial charge >= 0.3 is 12.1 Å². The van der Waals surface area contributed by atoms with E-state index in [9.17, 15) is 18.0 Å². The number of halogens is 4. The van der Waals surface area contributed by atoms with E-state index in [4.69, 9.17) is 16.3 Å². The second-order valence-corrected chi connectivity index (χ2v) is 7.05. The monoisotopic (exact) mass is 410 g/mol. The van der Waals surface area contributed by atoms with Gasteiger partial charge in [-0.1, -0.05) is 23.7 Å². The topological polar surface area (TPSA) is 41.9 Å². The fourth-order valence-electron chi connectivity index (χ4n) is 3.05. The van der Waals surface area contributed by atoms with Crippen LogP contribution in [0.1, 0.15) is 25.0 Å². The van der Waals surface area contributed by atoms with Crippen LogP contribution in [0.2, 0.25) is 5.02 Å². The van der Waals surface area contributed by atoms with E-state index < -0.39 is 23.1 Å². The van der Waals surface area contributed by atoms with Crippen molar-refractivity contribution in [1.29, 1.82) is 0 Å². The van der Waals surface area contributed by atoms with E-state index >= 15 is 0 Å². The molecule has 0 aliphatic carbocycles. The highest BCUT2D eigenvalue weighted by Gasteiger charge is 2.47. The first kappa shape index (κ1) is 20.2. The van der Waals surface area contributed by atoms with Crippen LogP contribution in [0.15, 0.2) is 53.6 Å². The predicted octanol–water partition coefficient (Wildman–Crippen LogP) is 5.15. The summed E-state index contributed by atoms with van der Waals surface area (Å²) in [6, 6.07) is 11.5. The molecule has 0 spiro atoms. The maximum absolute atomic E-state index is 12.8. The number of carbonyl (C=O) groups excluding carboxylic acids is 1. The number of carbonyl (C=O) groups is 1. The summed E-state index contributed by atoms with van der Waals surface area (Å²) in [5.74, 6) is -0.446. The van der Waals surface area contributed by atoms with Crippen molar-refractivity contribution in [3.05, 3.63) is 64.7 Å². The molecule has 148 valence electrons. The average Bonchev–Trinajstić information content (AvgIpc) is 3.01. The van der Waals surface area contributed by atoms with Crippen LogP contribution < -0.4 is 5.01 Å². The molecule has 0 radical (unpaired) electrons. The smallest absolute Gasteiger partial charge is 0.416 e. The molecule has 0 bridgehead atoms. The van der Waals surface area contributed by atoms with Crippen molar-refractivity contribution >= 4 is 29.0 Å². The molecule has 4 nitrogen and oxygen atoms in total. The summed E-state index contributed by atoms with van der Waals surface area (Å²) in [7, 11) is 0. The number of nitrogens with zero attached hydrogens (tertiary/aromatic N) is 2. The van der Waals surface area contributed by atoms with Crippen LogP contribution in [0.4, 0.5) is 18.9 Å². The van der Waals surface area contributed by atoms with E-state index in [-0.39, 0.29) is 13.2 Å². The summed E-state index contributed by atoms with van der Waals surface area (Å²) in [5.41, 5.74) is -0.207. The van der Waals surface area contributed by atoms with Gasteiger partial charge in [0.05, 0.1) is 30.1 Å². The van der Waals surface area contributed by atoms with Gasteiger partial charge in [0, 0.05) is 5.02 Å². The van der Waals surface area contributed by atoms with Crippen LogP contribution in [0.5, 0.6) is 0 Å². The standard InChI is InChI=1S/C20H18ClF3N2O2/c1-3-28-18(27)19(2)12-26(16-10-6-14(7-11-16)20(22,23)24)25-17(19)13-4-8-15(21)9-5-13/h4-11H,3,12H2,1-2H3. The third-order valence-corrected chi connectivity index (χ3v) is 4.80. The molecule has 3 rings (SSSR count). The van der Waals surface area contributed by atoms with Crippen LogP contribution in [0.3, 0.4) is 0 Å². The minimum atomic E-state index is -4.42. The van der Waals surface area contributed by atoms with Crippen molar-refractivity contribution in [2.45, 2.75) is 20.0 Å². The maximum atomic E-state index is 12.8. The van der Waals surface area contributed by atoms with E-state index in [0.717, 1.165) is 12.1 Å². The number of esters is 1. The highest BCUT2D eigenvalue weighted by Crippen LogP contribution is 2.37. The van der Waals surface area contributed by atoms with E-state index in [1.807, 2.05) is 0 Å². The van der Waals surface area contributed by atoms with Gasteiger partial charge in [-0.2, -0.15) is 18.3 Å². The molecule has 0 amide bonds. The average molecular weight is 411 g/mol. The van der Waals surface area contributed by atoms with E-state index in [0.29, 0.717) is 22.0 Å². The van der Waals surface area contributed by atoms with Crippen LogP contribution in [0.25, 0.3) is 0 Å². The lowest BCUT2D eigenvalue weighted by molar-refractivity contribution is -0.149. The molecule has 0 saturated heterocycles. The molecule has 0 fully saturated rings. The molecular weight excluding hydrogens is 393 g/mol. The molecule has 2 aromatic rings. The SMILES string of the molecule is CCOC(=O)C1(C)CN(c2ccc(C(F)(F)F)cc2)N=C1c1ccc(Cl)cc1. The first-order chi connectivity index (χ1) is 13.1. The minimum absolute atomic E-state index is 0.148. The largest absolute Gasteiger partial charge is 0.465 e. The van der Waals surface area contributed by atoms with Gasteiger partial charge in [-0.25, -0.2) is 0 Å². The number of ether oxygens (including phenoxy) is 1. The molecule has 1 heterocycles. The van der Waals surface area contributed by atoms with Crippen molar-refractivity contribution in [2.24, 2.45) is 10.5 Å². The van der Waals surface area contributed by atoms with Crippen LogP contribution in [0, 0.1) is 5.41 Å². The summed E-state index contributed by atoms with van der Waals surface area (Å²) in [4.78, 5) is 12.7. The highest BCUT2D eigenvalue weighted by atomic mass is 35.5. The van der Waals surface area contributed by atoms with Crippen molar-refractivity contribution in [3.63, 3.8) is 0 Å². The molecular formula is C20H18ClF3N2O2. The van der Waals surface area contributed by atoms with Crippen LogP contribution >= 0.6 is 11.6 Å². The summed E-state index contributed by atoms with van der Waals surface area (Å²) < 4.78 is 43.7. The molecule has 0 saturated carbocycles. The zero-order chi connectivity index (χ0) is 20.5. The third-order valence-electron chi connectivity index (χ3n) is 4.55. The Morgan fingerprint density at radius 3 is 2.32 bits per heavy atom. The van der Waals surface area contributed by atoms with Crippen molar-refractivity contribution < 1.29 is 22.7 Å². The lowest BCUT2D eigenvalue weighted by Crippen LogP contribution is -2.40. The number of hydrogen-bond acceptors (Lipinski definition) is 4. The number of benzene rings is 2. The molecule has 28 heavy (non-hydrogen) atoms. The van der Waals surface area contributed by atoms with Gasteiger partial charge in [0.25, 0.3) is 0 Å². The Bertz CT molecular complexity index is 895. The normalized spacial score (nSPS) is 19.5. The highest BCUT2D eigenvalue weighted by molar-refractivity contribution is 6.30. The second-order valence-electron chi connectivity index (χ2n) is 6.61. The molecule has 1 aliphatic rings. The summed E-state index contributed by atoms with van der Waals surface area (Å²) >= 11 is 5.94. The third kappa shape index (κ3) is 3.85. The van der Waals surface area contributed by atoms with Crippen molar-refractivity contribution in [1.82, 2.24) is 0 Å². The Hall–Kier alpha value is -2.54. The minimum Gasteiger partial charge on any atom is -0.465 e. The Morgan fingerprint density at radius 1 is 1.18 bits per heavy atom. The van der Waals surface area contributed by atoms with Gasteiger partial charge in [-0.05, 0) is 55.8 Å². The lowest BCUT2D eigenvalue weighted by Gasteiger charge is -2.24. The zero-order valence-corrected chi connectivity index (χ0v) is 16.0. The van der Waals surface area contributed by atoms with Gasteiger partial charge < -0.3 is 4.74 Å². The number of anilines is 1. The lowest BCUT2D eigenvalue weighted by atomic mass is 9.82. The number of alkyl halides is 3. The molecule has 2 aromatic carbocycles. The maximum Gasteiger partial charge on any atom is 0.416 e. The van der Waals surface area contributed by atoms with Gasteiger partial charge in [0.2, 0.25) is 0 Å². The molecule has 0 N–H and O–H groups in total.